The van der Waals surface area contributed by atoms with Crippen molar-refractivity contribution in [1.82, 2.24) is 9.97 Å². The molecule has 4 nitrogen and oxygen atoms in total. The van der Waals surface area contributed by atoms with Crippen molar-refractivity contribution in [2.75, 3.05) is 11.9 Å². The van der Waals surface area contributed by atoms with Gasteiger partial charge in [-0.25, -0.2) is 4.98 Å². The summed E-state index contributed by atoms with van der Waals surface area (Å²) < 4.78 is 5.61. The zero-order valence-corrected chi connectivity index (χ0v) is 12.0. The highest BCUT2D eigenvalue weighted by Gasteiger charge is 2.07. The van der Waals surface area contributed by atoms with Crippen LogP contribution < -0.4 is 10.1 Å². The van der Waals surface area contributed by atoms with Crippen molar-refractivity contribution in [3.05, 3.63) is 11.9 Å². The zero-order valence-electron chi connectivity index (χ0n) is 12.0. The Morgan fingerprint density at radius 2 is 2.00 bits per heavy atom. The van der Waals surface area contributed by atoms with E-state index >= 15 is 0 Å². The largest absolute Gasteiger partial charge is 0.478 e. The first-order valence-electron chi connectivity index (χ1n) is 6.96. The van der Waals surface area contributed by atoms with Gasteiger partial charge in [0.25, 0.3) is 0 Å². The highest BCUT2D eigenvalue weighted by Crippen LogP contribution is 2.16. The van der Waals surface area contributed by atoms with Crippen LogP contribution in [-0.2, 0) is 6.42 Å². The lowest BCUT2D eigenvalue weighted by atomic mass is 10.2. The van der Waals surface area contributed by atoms with Gasteiger partial charge < -0.3 is 10.1 Å². The van der Waals surface area contributed by atoms with Crippen LogP contribution in [0.4, 0.5) is 5.82 Å². The first-order valence-corrected chi connectivity index (χ1v) is 6.96. The summed E-state index contributed by atoms with van der Waals surface area (Å²) in [5.41, 5.74) is 0. The Balaban J connectivity index is 2.83. The number of rotatable bonds is 8. The molecule has 1 unspecified atom stereocenters. The quantitative estimate of drug-likeness (QED) is 0.769. The maximum Gasteiger partial charge on any atom is 0.218 e. The van der Waals surface area contributed by atoms with Crippen molar-refractivity contribution in [2.24, 2.45) is 0 Å². The number of hydrogen-bond acceptors (Lipinski definition) is 4. The average Bonchev–Trinajstić information content (AvgIpc) is 2.36. The molecule has 0 fully saturated rings. The molecule has 0 radical (unpaired) electrons. The third kappa shape index (κ3) is 4.90. The molecular weight excluding hydrogens is 226 g/mol. The van der Waals surface area contributed by atoms with E-state index in [-0.39, 0.29) is 0 Å². The lowest BCUT2D eigenvalue weighted by Crippen LogP contribution is -2.15. The molecule has 4 heteroatoms. The van der Waals surface area contributed by atoms with E-state index in [2.05, 4.69) is 43.0 Å². The van der Waals surface area contributed by atoms with Gasteiger partial charge in [0.05, 0.1) is 6.61 Å². The van der Waals surface area contributed by atoms with Gasteiger partial charge in [-0.05, 0) is 26.2 Å². The molecule has 1 aromatic rings. The van der Waals surface area contributed by atoms with Gasteiger partial charge in [0, 0.05) is 18.5 Å². The minimum absolute atomic E-state index is 0.411. The number of aryl methyl sites for hydroxylation is 1. The predicted octanol–water partition coefficient (Wildman–Crippen LogP) is 3.43. The Morgan fingerprint density at radius 1 is 1.22 bits per heavy atom. The topological polar surface area (TPSA) is 47.0 Å². The van der Waals surface area contributed by atoms with Crippen LogP contribution in [0.5, 0.6) is 5.88 Å². The van der Waals surface area contributed by atoms with Crippen LogP contribution >= 0.6 is 0 Å². The van der Waals surface area contributed by atoms with Crippen molar-refractivity contribution in [3.8, 4) is 5.88 Å². The van der Waals surface area contributed by atoms with Crippen molar-refractivity contribution in [3.63, 3.8) is 0 Å². The van der Waals surface area contributed by atoms with E-state index in [1.807, 2.05) is 6.07 Å². The standard InChI is InChI=1S/C14H25N3O/c1-5-8-12-16-13(15-11(4)7-3)10-14(17-12)18-9-6-2/h10-11H,5-9H2,1-4H3,(H,15,16,17). The normalized spacial score (nSPS) is 12.2. The van der Waals surface area contributed by atoms with Gasteiger partial charge in [-0.3, -0.25) is 0 Å². The maximum absolute atomic E-state index is 5.61. The van der Waals surface area contributed by atoms with E-state index in [1.54, 1.807) is 0 Å². The molecule has 0 aromatic carbocycles. The second-order valence-electron chi connectivity index (χ2n) is 4.56. The van der Waals surface area contributed by atoms with Gasteiger partial charge in [0.15, 0.2) is 0 Å². The van der Waals surface area contributed by atoms with Gasteiger partial charge in [-0.1, -0.05) is 20.8 Å². The number of aromatic nitrogens is 2. The summed E-state index contributed by atoms with van der Waals surface area (Å²) in [7, 11) is 0. The van der Waals surface area contributed by atoms with Gasteiger partial charge in [-0.2, -0.15) is 4.98 Å². The van der Waals surface area contributed by atoms with Crippen LogP contribution in [0.1, 0.15) is 52.8 Å². The summed E-state index contributed by atoms with van der Waals surface area (Å²) in [6.45, 7) is 9.22. The fourth-order valence-electron chi connectivity index (χ4n) is 1.52. The molecule has 0 amide bonds. The predicted molar refractivity (Wildman–Crippen MR) is 75.2 cm³/mol. The molecule has 1 N–H and O–H groups in total. The number of ether oxygens (including phenoxy) is 1. The number of nitrogens with one attached hydrogen (secondary N) is 1. The van der Waals surface area contributed by atoms with Crippen molar-refractivity contribution < 1.29 is 4.74 Å². The summed E-state index contributed by atoms with van der Waals surface area (Å²) in [6.07, 6.45) is 3.98. The second-order valence-corrected chi connectivity index (χ2v) is 4.56. The molecular formula is C14H25N3O. The van der Waals surface area contributed by atoms with Crippen LogP contribution in [0.2, 0.25) is 0 Å². The maximum atomic E-state index is 5.61. The Kier molecular flexibility index (Phi) is 6.47. The molecule has 0 bridgehead atoms. The monoisotopic (exact) mass is 251 g/mol. The van der Waals surface area contributed by atoms with E-state index in [9.17, 15) is 0 Å². The highest BCUT2D eigenvalue weighted by molar-refractivity contribution is 5.39. The molecule has 102 valence electrons. The molecule has 1 atom stereocenters. The molecule has 18 heavy (non-hydrogen) atoms. The lowest BCUT2D eigenvalue weighted by molar-refractivity contribution is 0.303. The minimum atomic E-state index is 0.411. The average molecular weight is 251 g/mol. The molecule has 1 heterocycles. The van der Waals surface area contributed by atoms with Crippen molar-refractivity contribution >= 4 is 5.82 Å². The van der Waals surface area contributed by atoms with E-state index < -0.39 is 0 Å². The van der Waals surface area contributed by atoms with Crippen molar-refractivity contribution in [1.29, 1.82) is 0 Å². The smallest absolute Gasteiger partial charge is 0.218 e. The first kappa shape index (κ1) is 14.7. The molecule has 1 aromatic heterocycles. The third-order valence-corrected chi connectivity index (χ3v) is 2.68. The second kappa shape index (κ2) is 7.90. The first-order chi connectivity index (χ1) is 8.69. The number of nitrogens with zero attached hydrogens (tertiary/aromatic N) is 2. The van der Waals surface area contributed by atoms with Crippen LogP contribution in [0.25, 0.3) is 0 Å². The third-order valence-electron chi connectivity index (χ3n) is 2.68. The number of hydrogen-bond donors (Lipinski definition) is 1. The molecule has 0 saturated heterocycles. The van der Waals surface area contributed by atoms with Gasteiger partial charge in [0.2, 0.25) is 5.88 Å². The zero-order chi connectivity index (χ0) is 13.4. The van der Waals surface area contributed by atoms with Crippen LogP contribution in [-0.4, -0.2) is 22.6 Å². The summed E-state index contributed by atoms with van der Waals surface area (Å²) in [5.74, 6) is 2.41. The highest BCUT2D eigenvalue weighted by atomic mass is 16.5. The summed E-state index contributed by atoms with van der Waals surface area (Å²) in [6, 6.07) is 2.30. The summed E-state index contributed by atoms with van der Waals surface area (Å²) in [5, 5.41) is 3.38. The summed E-state index contributed by atoms with van der Waals surface area (Å²) in [4.78, 5) is 8.94. The van der Waals surface area contributed by atoms with Gasteiger partial charge in [0.1, 0.15) is 11.6 Å². The van der Waals surface area contributed by atoms with Crippen LogP contribution in [0.15, 0.2) is 6.07 Å². The Labute approximate surface area is 110 Å². The van der Waals surface area contributed by atoms with Gasteiger partial charge >= 0.3 is 0 Å². The van der Waals surface area contributed by atoms with E-state index in [1.165, 1.54) is 0 Å². The van der Waals surface area contributed by atoms with Crippen molar-refractivity contribution in [2.45, 2.75) is 59.4 Å². The lowest BCUT2D eigenvalue weighted by Gasteiger charge is -2.14. The summed E-state index contributed by atoms with van der Waals surface area (Å²) >= 11 is 0. The van der Waals surface area contributed by atoms with E-state index in [0.29, 0.717) is 18.5 Å². The fraction of sp³-hybridized carbons (Fsp3) is 0.714. The van der Waals surface area contributed by atoms with Gasteiger partial charge in [-0.15, -0.1) is 0 Å². The SMILES string of the molecule is CCCOc1cc(NC(C)CC)nc(CCC)n1. The molecule has 0 saturated carbocycles. The fourth-order valence-corrected chi connectivity index (χ4v) is 1.52. The molecule has 0 aliphatic rings. The van der Waals surface area contributed by atoms with Crippen LogP contribution in [0.3, 0.4) is 0 Å². The Morgan fingerprint density at radius 3 is 2.61 bits per heavy atom. The molecule has 0 aliphatic heterocycles. The van der Waals surface area contributed by atoms with E-state index in [4.69, 9.17) is 4.74 Å². The van der Waals surface area contributed by atoms with E-state index in [0.717, 1.165) is 37.3 Å². The Bertz CT molecular complexity index is 355. The molecule has 0 aliphatic carbocycles. The Hall–Kier alpha value is -1.32. The van der Waals surface area contributed by atoms with Crippen LogP contribution in [0, 0.1) is 0 Å². The minimum Gasteiger partial charge on any atom is -0.478 e. The molecule has 0 spiro atoms. The number of anilines is 1. The molecule has 1 rings (SSSR count).